The summed E-state index contributed by atoms with van der Waals surface area (Å²) in [4.78, 5) is 41.0. The standard InChI is InChI=1S/C62H75N4O15P/c1-7-57(73)63-35-58-79-49(32-45(69)28-43(67)25-39(5)77-60(74)41-19-20-53-54(27-41)65-66(64-53)55-22-36(2)18-21-56(55)72)34-50(80-58)33-47(71)30-44(68)29-46(70)31-48-26-40(6)78-62(81-48)42-23-37(3)59(38(4)24-42)61(75)82(76,51-14-10-8-11-15-51)52-16-12-9-13-17-52/h7-24,27,39-40,43-50,58,62,67-72H,1,25-26,28-35H2,2-6H3,(H,63,73). The second-order valence-corrected chi connectivity index (χ2v) is 24.5. The SMILES string of the molecule is C=CC(=O)NCC1OC(CC(O)CC(O)CC(O)CC2CC(C)OC(c3cc(C)c(C(=O)P(=O)(c4ccccc4)c4ccccc4)c(C)c3)O2)CC(CC(O)CC(O)CC(C)OC(=O)c2ccc3nn(-c4cc(C)ccc4O)nc3c2)O1. The Kier molecular flexibility index (Phi) is 20.8. The van der Waals surface area contributed by atoms with Gasteiger partial charge in [-0.25, -0.2) is 4.79 Å². The molecule has 5 aromatic carbocycles. The number of phenolic OH excluding ortho intramolecular Hbond substituents is 1. The first-order valence-electron chi connectivity index (χ1n) is 27.8. The molecule has 1 amide bonds. The van der Waals surface area contributed by atoms with Crippen LogP contribution in [0.4, 0.5) is 0 Å². The van der Waals surface area contributed by atoms with Crippen LogP contribution < -0.4 is 15.9 Å². The number of rotatable bonds is 25. The number of aliphatic hydroxyl groups excluding tert-OH is 5. The number of fused-ring (bicyclic) bond motifs is 1. The number of aryl methyl sites for hydroxylation is 3. The minimum atomic E-state index is -3.77. The summed E-state index contributed by atoms with van der Waals surface area (Å²) < 4.78 is 45.5. The number of ether oxygens (including phenoxy) is 5. The van der Waals surface area contributed by atoms with Gasteiger partial charge in [0.15, 0.2) is 12.6 Å². The van der Waals surface area contributed by atoms with Gasteiger partial charge in [0.2, 0.25) is 18.6 Å². The lowest BCUT2D eigenvalue weighted by molar-refractivity contribution is -0.249. The monoisotopic (exact) mass is 1150 g/mol. The van der Waals surface area contributed by atoms with Crippen molar-refractivity contribution >= 4 is 46.2 Å². The number of aromatic nitrogens is 3. The number of nitrogens with zero attached hydrogens (tertiary/aromatic N) is 3. The van der Waals surface area contributed by atoms with Crippen molar-refractivity contribution in [1.29, 1.82) is 0 Å². The highest BCUT2D eigenvalue weighted by Gasteiger charge is 2.40. The summed E-state index contributed by atoms with van der Waals surface area (Å²) in [5, 5.41) is 78.6. The van der Waals surface area contributed by atoms with Gasteiger partial charge < -0.3 is 64.2 Å². The third kappa shape index (κ3) is 15.8. The highest BCUT2D eigenvalue weighted by molar-refractivity contribution is 7.93. The molecule has 19 nitrogen and oxygen atoms in total. The molecule has 0 saturated carbocycles. The van der Waals surface area contributed by atoms with Crippen LogP contribution in [0.25, 0.3) is 16.7 Å². The summed E-state index contributed by atoms with van der Waals surface area (Å²) in [6.07, 6.45) is -7.96. The molecule has 7 N–H and O–H groups in total. The molecule has 438 valence electrons. The summed E-state index contributed by atoms with van der Waals surface area (Å²) in [7, 11) is -3.77. The Balaban J connectivity index is 0.809. The second kappa shape index (κ2) is 27.7. The zero-order valence-electron chi connectivity index (χ0n) is 46.8. The lowest BCUT2D eigenvalue weighted by atomic mass is 9.94. The van der Waals surface area contributed by atoms with Crippen LogP contribution in [-0.2, 0) is 33.0 Å². The maximum atomic E-state index is 15.0. The van der Waals surface area contributed by atoms with E-state index in [1.165, 1.54) is 10.9 Å². The molecule has 2 saturated heterocycles. The van der Waals surface area contributed by atoms with Crippen LogP contribution in [0.1, 0.15) is 121 Å². The quantitative estimate of drug-likeness (QED) is 0.0173. The van der Waals surface area contributed by atoms with Crippen molar-refractivity contribution in [2.45, 2.75) is 166 Å². The number of phenols is 1. The third-order valence-electron chi connectivity index (χ3n) is 14.8. The van der Waals surface area contributed by atoms with Gasteiger partial charge >= 0.3 is 5.97 Å². The zero-order valence-corrected chi connectivity index (χ0v) is 47.7. The third-order valence-corrected chi connectivity index (χ3v) is 17.6. The second-order valence-electron chi connectivity index (χ2n) is 21.8. The van der Waals surface area contributed by atoms with E-state index in [1.807, 2.05) is 38.1 Å². The van der Waals surface area contributed by atoms with Crippen LogP contribution in [0.15, 0.2) is 122 Å². The number of carbonyl (C=O) groups excluding carboxylic acids is 3. The van der Waals surface area contributed by atoms with Crippen molar-refractivity contribution in [3.63, 3.8) is 0 Å². The Bertz CT molecular complexity index is 3150. The molecule has 12 atom stereocenters. The first kappa shape index (κ1) is 61.6. The molecule has 20 heteroatoms. The van der Waals surface area contributed by atoms with Crippen LogP contribution in [-0.4, -0.2) is 137 Å². The van der Waals surface area contributed by atoms with Crippen LogP contribution in [0.2, 0.25) is 0 Å². The molecule has 12 unspecified atom stereocenters. The van der Waals surface area contributed by atoms with E-state index >= 15 is 0 Å². The van der Waals surface area contributed by atoms with Gasteiger partial charge in [-0.1, -0.05) is 85.4 Å². The van der Waals surface area contributed by atoms with E-state index in [0.717, 1.165) is 11.6 Å². The highest BCUT2D eigenvalue weighted by atomic mass is 31.2. The van der Waals surface area contributed by atoms with Crippen molar-refractivity contribution in [3.05, 3.63) is 155 Å². The maximum Gasteiger partial charge on any atom is 0.338 e. The number of hydrogen-bond donors (Lipinski definition) is 7. The summed E-state index contributed by atoms with van der Waals surface area (Å²) in [5.41, 5.74) is 4.18. The number of carbonyl (C=O) groups is 3. The Morgan fingerprint density at radius 3 is 1.83 bits per heavy atom. The summed E-state index contributed by atoms with van der Waals surface area (Å²) in [6, 6.07) is 31.0. The van der Waals surface area contributed by atoms with Gasteiger partial charge in [-0.2, -0.15) is 0 Å². The number of nitrogens with one attached hydrogen (secondary N) is 1. The Hall–Kier alpha value is -6.48. The maximum absolute atomic E-state index is 15.0. The molecule has 0 spiro atoms. The lowest BCUT2D eigenvalue weighted by Crippen LogP contribution is -2.46. The zero-order chi connectivity index (χ0) is 58.8. The predicted octanol–water partition coefficient (Wildman–Crippen LogP) is 6.98. The van der Waals surface area contributed by atoms with E-state index < -0.39 is 92.1 Å². The topological polar surface area (TPSA) is 279 Å². The molecule has 3 heterocycles. The highest BCUT2D eigenvalue weighted by Crippen LogP contribution is 2.48. The number of esters is 1. The summed E-state index contributed by atoms with van der Waals surface area (Å²) in [5.74, 6) is -1.11. The molecule has 0 radical (unpaired) electrons. The molecule has 82 heavy (non-hydrogen) atoms. The molecular formula is C62H75N4O15P. The smallest absolute Gasteiger partial charge is 0.338 e. The average molecular weight is 1150 g/mol. The van der Waals surface area contributed by atoms with Crippen molar-refractivity contribution < 1.29 is 73.3 Å². The fraction of sp³-hybridized carbons (Fsp3) is 0.435. The number of amides is 1. The number of benzene rings is 5. The van der Waals surface area contributed by atoms with Gasteiger partial charge in [0.1, 0.15) is 28.6 Å². The van der Waals surface area contributed by atoms with Crippen LogP contribution in [0.3, 0.4) is 0 Å². The van der Waals surface area contributed by atoms with Crippen molar-refractivity contribution in [2.24, 2.45) is 0 Å². The first-order valence-corrected chi connectivity index (χ1v) is 29.5. The number of aromatic hydroxyl groups is 1. The molecule has 2 aliphatic rings. The summed E-state index contributed by atoms with van der Waals surface area (Å²) in [6.45, 7) is 12.4. The van der Waals surface area contributed by atoms with Gasteiger partial charge in [-0.15, -0.1) is 15.0 Å². The van der Waals surface area contributed by atoms with Gasteiger partial charge in [0, 0.05) is 34.6 Å². The van der Waals surface area contributed by atoms with Gasteiger partial charge in [-0.3, -0.25) is 9.59 Å². The van der Waals surface area contributed by atoms with E-state index in [0.29, 0.717) is 56.0 Å². The van der Waals surface area contributed by atoms with E-state index in [9.17, 15) is 49.6 Å². The van der Waals surface area contributed by atoms with Crippen LogP contribution >= 0.6 is 7.14 Å². The van der Waals surface area contributed by atoms with Gasteiger partial charge in [0.25, 0.3) is 0 Å². The van der Waals surface area contributed by atoms with Gasteiger partial charge in [0.05, 0.1) is 67.0 Å². The lowest BCUT2D eigenvalue weighted by Gasteiger charge is -2.37. The fourth-order valence-corrected chi connectivity index (χ4v) is 13.6. The molecular weight excluding hydrogens is 1070 g/mol. The molecule has 2 fully saturated rings. The minimum absolute atomic E-state index is 0.00247. The normalized spacial score (nSPS) is 21.6. The molecule has 2 aliphatic heterocycles. The molecule has 8 rings (SSSR count). The van der Waals surface area contributed by atoms with Crippen molar-refractivity contribution in [2.75, 3.05) is 6.54 Å². The number of aliphatic hydroxyl groups is 5. The fourth-order valence-electron chi connectivity index (χ4n) is 11.0. The predicted molar refractivity (Wildman–Crippen MR) is 307 cm³/mol. The molecule has 0 aliphatic carbocycles. The van der Waals surface area contributed by atoms with Crippen LogP contribution in [0.5, 0.6) is 5.75 Å². The molecule has 1 aromatic heterocycles. The molecule has 6 aromatic rings. The van der Waals surface area contributed by atoms with E-state index in [4.69, 9.17) is 23.7 Å². The Morgan fingerprint density at radius 1 is 0.707 bits per heavy atom. The van der Waals surface area contributed by atoms with Crippen molar-refractivity contribution in [1.82, 2.24) is 20.3 Å². The molecule has 0 bridgehead atoms. The van der Waals surface area contributed by atoms with Gasteiger partial charge in [-0.05, 0) is 133 Å². The minimum Gasteiger partial charge on any atom is -0.506 e. The van der Waals surface area contributed by atoms with E-state index in [-0.39, 0.29) is 75.3 Å². The largest absolute Gasteiger partial charge is 0.506 e. The first-order chi connectivity index (χ1) is 39.1. The Labute approximate surface area is 477 Å². The Morgan fingerprint density at radius 2 is 1.26 bits per heavy atom. The van der Waals surface area contributed by atoms with E-state index in [2.05, 4.69) is 22.1 Å². The van der Waals surface area contributed by atoms with Crippen LogP contribution in [0, 0.1) is 20.8 Å². The number of hydrogen-bond acceptors (Lipinski definition) is 17. The average Bonchev–Trinajstić information content (AvgIpc) is 2.52. The van der Waals surface area contributed by atoms with E-state index in [1.54, 1.807) is 99.6 Å². The summed E-state index contributed by atoms with van der Waals surface area (Å²) >= 11 is 0. The van der Waals surface area contributed by atoms with Crippen molar-refractivity contribution in [3.8, 4) is 11.4 Å².